The van der Waals surface area contributed by atoms with Gasteiger partial charge >= 0.3 is 5.91 Å². The molecule has 1 fully saturated rings. The fraction of sp³-hybridized carbons (Fsp3) is 0.179. The number of ether oxygens (including phenoxy) is 4. The quantitative estimate of drug-likeness (QED) is 0.193. The van der Waals surface area contributed by atoms with Gasteiger partial charge in [0.25, 0.3) is 5.78 Å². The van der Waals surface area contributed by atoms with E-state index in [0.29, 0.717) is 22.6 Å². The molecule has 200 valence electrons. The molecule has 0 aliphatic carbocycles. The van der Waals surface area contributed by atoms with Crippen LogP contribution in [0.4, 0.5) is 9.52 Å². The van der Waals surface area contributed by atoms with Gasteiger partial charge in [0.05, 0.1) is 50.3 Å². The summed E-state index contributed by atoms with van der Waals surface area (Å²) in [5.74, 6) is -1.30. The SMILES string of the molecule is COc1ccc2nc(N3C(=O)C(=O)C(=C(O)c4ccc(F)cc4)[C@@H]3c3cc(OC)c(OC)c(OC)c3)sc2c1. The van der Waals surface area contributed by atoms with Gasteiger partial charge in [0.1, 0.15) is 17.3 Å². The van der Waals surface area contributed by atoms with E-state index in [0.717, 1.165) is 16.8 Å². The third-order valence-corrected chi connectivity index (χ3v) is 7.37. The highest BCUT2D eigenvalue weighted by molar-refractivity contribution is 7.22. The molecule has 0 unspecified atom stereocenters. The number of rotatable bonds is 7. The van der Waals surface area contributed by atoms with Crippen LogP contribution in [0.25, 0.3) is 16.0 Å². The van der Waals surface area contributed by atoms with Gasteiger partial charge in [-0.3, -0.25) is 14.5 Å². The number of methoxy groups -OCH3 is 4. The molecule has 0 saturated carbocycles. The lowest BCUT2D eigenvalue weighted by Crippen LogP contribution is -2.29. The average molecular weight is 551 g/mol. The van der Waals surface area contributed by atoms with Crippen molar-refractivity contribution in [2.24, 2.45) is 0 Å². The van der Waals surface area contributed by atoms with Crippen molar-refractivity contribution in [3.05, 3.63) is 77.1 Å². The van der Waals surface area contributed by atoms with Crippen molar-refractivity contribution in [3.63, 3.8) is 0 Å². The van der Waals surface area contributed by atoms with Gasteiger partial charge in [-0.2, -0.15) is 0 Å². The number of amides is 1. The van der Waals surface area contributed by atoms with Gasteiger partial charge in [-0.05, 0) is 60.2 Å². The van der Waals surface area contributed by atoms with Crippen LogP contribution in [0.1, 0.15) is 17.2 Å². The molecule has 1 saturated heterocycles. The number of benzene rings is 3. The summed E-state index contributed by atoms with van der Waals surface area (Å²) in [6, 6.07) is 12.3. The number of ketones is 1. The molecule has 1 aromatic heterocycles. The smallest absolute Gasteiger partial charge is 0.301 e. The Morgan fingerprint density at radius 2 is 1.59 bits per heavy atom. The number of aliphatic hydroxyl groups is 1. The minimum atomic E-state index is -1.12. The molecule has 0 spiro atoms. The molecular weight excluding hydrogens is 527 g/mol. The number of Topliss-reactive ketones (excluding diaryl/α,β-unsaturated/α-hetero) is 1. The lowest BCUT2D eigenvalue weighted by atomic mass is 9.94. The molecule has 4 aromatic rings. The van der Waals surface area contributed by atoms with Crippen LogP contribution in [-0.2, 0) is 9.59 Å². The fourth-order valence-corrected chi connectivity index (χ4v) is 5.51. The zero-order valence-electron chi connectivity index (χ0n) is 21.4. The van der Waals surface area contributed by atoms with Crippen LogP contribution in [-0.4, -0.2) is 50.2 Å². The van der Waals surface area contributed by atoms with Crippen LogP contribution >= 0.6 is 11.3 Å². The van der Waals surface area contributed by atoms with Gasteiger partial charge in [-0.15, -0.1) is 0 Å². The summed E-state index contributed by atoms with van der Waals surface area (Å²) in [6.45, 7) is 0. The monoisotopic (exact) mass is 550 g/mol. The Bertz CT molecular complexity index is 1610. The molecule has 5 rings (SSSR count). The second-order valence-electron chi connectivity index (χ2n) is 8.46. The number of carbonyl (C=O) groups is 2. The van der Waals surface area contributed by atoms with Crippen LogP contribution in [0, 0.1) is 5.82 Å². The topological polar surface area (TPSA) is 107 Å². The number of hydrogen-bond donors (Lipinski definition) is 1. The summed E-state index contributed by atoms with van der Waals surface area (Å²) < 4.78 is 36.1. The number of anilines is 1. The van der Waals surface area contributed by atoms with Crippen molar-refractivity contribution >= 4 is 44.1 Å². The van der Waals surface area contributed by atoms with E-state index in [9.17, 15) is 19.1 Å². The lowest BCUT2D eigenvalue weighted by molar-refractivity contribution is -0.132. The first kappa shape index (κ1) is 26.0. The number of aliphatic hydroxyl groups excluding tert-OH is 1. The Hall–Kier alpha value is -4.64. The molecule has 1 aliphatic heterocycles. The van der Waals surface area contributed by atoms with Crippen molar-refractivity contribution < 1.29 is 38.0 Å². The first-order chi connectivity index (χ1) is 18.8. The highest BCUT2D eigenvalue weighted by atomic mass is 32.1. The molecule has 11 heteroatoms. The molecule has 9 nitrogen and oxygen atoms in total. The first-order valence-corrected chi connectivity index (χ1v) is 12.4. The summed E-state index contributed by atoms with van der Waals surface area (Å²) in [6.07, 6.45) is 0. The van der Waals surface area contributed by atoms with Crippen LogP contribution in [0.3, 0.4) is 0 Å². The number of carbonyl (C=O) groups excluding carboxylic acids is 2. The second-order valence-corrected chi connectivity index (χ2v) is 9.47. The van der Waals surface area contributed by atoms with Gasteiger partial charge in [-0.25, -0.2) is 9.37 Å². The average Bonchev–Trinajstić information content (AvgIpc) is 3.49. The first-order valence-electron chi connectivity index (χ1n) is 11.6. The molecule has 2 heterocycles. The van der Waals surface area contributed by atoms with E-state index in [-0.39, 0.29) is 27.8 Å². The molecule has 1 atom stereocenters. The number of hydrogen-bond acceptors (Lipinski definition) is 9. The maximum absolute atomic E-state index is 13.6. The Kier molecular flexibility index (Phi) is 6.83. The van der Waals surface area contributed by atoms with Crippen LogP contribution in [0.5, 0.6) is 23.0 Å². The zero-order chi connectivity index (χ0) is 27.8. The Morgan fingerprint density at radius 1 is 0.923 bits per heavy atom. The van der Waals surface area contributed by atoms with Crippen molar-refractivity contribution in [1.82, 2.24) is 4.98 Å². The highest BCUT2D eigenvalue weighted by Gasteiger charge is 2.48. The highest BCUT2D eigenvalue weighted by Crippen LogP contribution is 2.48. The van der Waals surface area contributed by atoms with Crippen molar-refractivity contribution in [1.29, 1.82) is 0 Å². The maximum Gasteiger partial charge on any atom is 0.301 e. The van der Waals surface area contributed by atoms with E-state index in [4.69, 9.17) is 18.9 Å². The summed E-state index contributed by atoms with van der Waals surface area (Å²) in [5.41, 5.74) is 0.961. The predicted molar refractivity (Wildman–Crippen MR) is 143 cm³/mol. The second kappa shape index (κ2) is 10.3. The summed E-state index contributed by atoms with van der Waals surface area (Å²) in [5, 5.41) is 11.5. The third-order valence-electron chi connectivity index (χ3n) is 6.36. The van der Waals surface area contributed by atoms with Crippen LogP contribution in [0.2, 0.25) is 0 Å². The largest absolute Gasteiger partial charge is 0.507 e. The van der Waals surface area contributed by atoms with Crippen LogP contribution < -0.4 is 23.8 Å². The molecule has 1 amide bonds. The molecule has 0 radical (unpaired) electrons. The third kappa shape index (κ3) is 4.40. The number of thiazole rings is 1. The van der Waals surface area contributed by atoms with Gasteiger partial charge in [0, 0.05) is 5.56 Å². The molecular formula is C28H23FN2O7S. The Labute approximate surface area is 226 Å². The van der Waals surface area contributed by atoms with E-state index in [2.05, 4.69) is 4.98 Å². The van der Waals surface area contributed by atoms with E-state index in [1.54, 1.807) is 37.4 Å². The summed E-state index contributed by atoms with van der Waals surface area (Å²) in [7, 11) is 5.88. The van der Waals surface area contributed by atoms with Crippen molar-refractivity contribution in [2.45, 2.75) is 6.04 Å². The Morgan fingerprint density at radius 3 is 2.18 bits per heavy atom. The van der Waals surface area contributed by atoms with Gasteiger partial charge in [-0.1, -0.05) is 11.3 Å². The summed E-state index contributed by atoms with van der Waals surface area (Å²) >= 11 is 1.19. The molecule has 1 N–H and O–H groups in total. The molecule has 1 aliphatic rings. The number of fused-ring (bicyclic) bond motifs is 1. The molecule has 0 bridgehead atoms. The van der Waals surface area contributed by atoms with Crippen molar-refractivity contribution in [3.8, 4) is 23.0 Å². The van der Waals surface area contributed by atoms with Crippen molar-refractivity contribution in [2.75, 3.05) is 33.3 Å². The van der Waals surface area contributed by atoms with Gasteiger partial charge < -0.3 is 24.1 Å². The number of halogens is 1. The number of aromatic nitrogens is 1. The maximum atomic E-state index is 13.6. The lowest BCUT2D eigenvalue weighted by Gasteiger charge is -2.24. The standard InChI is InChI=1S/C28H23FN2O7S/c1-35-17-9-10-18-21(13-17)39-28(30-18)31-23(15-11-19(36-2)26(38-4)20(12-15)37-3)22(25(33)27(31)34)24(32)14-5-7-16(29)8-6-14/h5-13,23,32H,1-4H3/t23-/m0/s1. The summed E-state index contributed by atoms with van der Waals surface area (Å²) in [4.78, 5) is 32.9. The normalized spacial score (nSPS) is 16.5. The minimum absolute atomic E-state index is 0.167. The van der Waals surface area contributed by atoms with E-state index < -0.39 is 29.3 Å². The predicted octanol–water partition coefficient (Wildman–Crippen LogP) is 5.10. The molecule has 39 heavy (non-hydrogen) atoms. The van der Waals surface area contributed by atoms with Crippen LogP contribution in [0.15, 0.2) is 60.2 Å². The zero-order valence-corrected chi connectivity index (χ0v) is 22.2. The molecule has 3 aromatic carbocycles. The van der Waals surface area contributed by atoms with Gasteiger partial charge in [0.15, 0.2) is 16.6 Å². The minimum Gasteiger partial charge on any atom is -0.507 e. The van der Waals surface area contributed by atoms with E-state index >= 15 is 0 Å². The number of nitrogens with zero attached hydrogens (tertiary/aromatic N) is 2. The van der Waals surface area contributed by atoms with E-state index in [1.807, 2.05) is 0 Å². The van der Waals surface area contributed by atoms with E-state index in [1.165, 1.54) is 49.7 Å². The Balaban J connectivity index is 1.77. The van der Waals surface area contributed by atoms with Gasteiger partial charge in [0.2, 0.25) is 5.75 Å². The fourth-order valence-electron chi connectivity index (χ4n) is 4.49.